The third-order valence-electron chi connectivity index (χ3n) is 2.95. The van der Waals surface area contributed by atoms with E-state index < -0.39 is 0 Å². The highest BCUT2D eigenvalue weighted by atomic mass is 32.1. The second-order valence-electron chi connectivity index (χ2n) is 4.63. The van der Waals surface area contributed by atoms with Crippen molar-refractivity contribution in [1.82, 2.24) is 9.97 Å². The Morgan fingerprint density at radius 2 is 2.32 bits per heavy atom. The maximum atomic E-state index is 13.1. The Hall–Kier alpha value is -1.88. The van der Waals surface area contributed by atoms with Crippen LogP contribution >= 0.6 is 11.3 Å². The molecule has 98 valence electrons. The van der Waals surface area contributed by atoms with Crippen molar-refractivity contribution in [2.24, 2.45) is 0 Å². The normalized spacial score (nSPS) is 12.7. The van der Waals surface area contributed by atoms with Gasteiger partial charge in [0.05, 0.1) is 11.0 Å². The molecule has 3 aromatic rings. The number of hydrogen-bond donors (Lipinski definition) is 2. The third-order valence-corrected chi connectivity index (χ3v) is 3.68. The van der Waals surface area contributed by atoms with Gasteiger partial charge in [-0.25, -0.2) is 9.37 Å². The van der Waals surface area contributed by atoms with Crippen LogP contribution in [-0.4, -0.2) is 16.0 Å². The molecular weight excluding hydrogens is 261 g/mol. The van der Waals surface area contributed by atoms with E-state index in [1.54, 1.807) is 17.4 Å². The summed E-state index contributed by atoms with van der Waals surface area (Å²) in [7, 11) is 0. The number of thiophene rings is 1. The highest BCUT2D eigenvalue weighted by molar-refractivity contribution is 7.07. The average Bonchev–Trinajstić information content (AvgIpc) is 2.97. The van der Waals surface area contributed by atoms with Crippen LogP contribution in [0.15, 0.2) is 35.0 Å². The lowest BCUT2D eigenvalue weighted by atomic mass is 10.1. The summed E-state index contributed by atoms with van der Waals surface area (Å²) in [5.41, 5.74) is 2.80. The molecule has 0 amide bonds. The molecule has 0 fully saturated rings. The Kier molecular flexibility index (Phi) is 3.21. The minimum atomic E-state index is -0.256. The van der Waals surface area contributed by atoms with Crippen molar-refractivity contribution in [3.8, 4) is 0 Å². The quantitative estimate of drug-likeness (QED) is 0.760. The summed E-state index contributed by atoms with van der Waals surface area (Å²) in [5, 5.41) is 7.53. The predicted octanol–water partition coefficient (Wildman–Crippen LogP) is 3.81. The summed E-state index contributed by atoms with van der Waals surface area (Å²) in [6, 6.07) is 6.94. The lowest BCUT2D eigenvalue weighted by Crippen LogP contribution is -2.18. The molecule has 0 aliphatic heterocycles. The van der Waals surface area contributed by atoms with Gasteiger partial charge in [0.2, 0.25) is 5.95 Å². The van der Waals surface area contributed by atoms with Crippen LogP contribution in [-0.2, 0) is 6.42 Å². The van der Waals surface area contributed by atoms with Crippen LogP contribution in [0.3, 0.4) is 0 Å². The van der Waals surface area contributed by atoms with Crippen LogP contribution in [0.4, 0.5) is 10.3 Å². The van der Waals surface area contributed by atoms with E-state index >= 15 is 0 Å². The standard InChI is InChI=1S/C14H14FN3S/c1-9(6-10-4-5-19-8-10)16-14-17-12-3-2-11(15)7-13(12)18-14/h2-5,7-9H,6H2,1H3,(H2,16,17,18). The van der Waals surface area contributed by atoms with Gasteiger partial charge >= 0.3 is 0 Å². The van der Waals surface area contributed by atoms with Gasteiger partial charge in [-0.1, -0.05) is 0 Å². The number of benzene rings is 1. The van der Waals surface area contributed by atoms with Gasteiger partial charge in [0.1, 0.15) is 5.82 Å². The second kappa shape index (κ2) is 5.01. The summed E-state index contributed by atoms with van der Waals surface area (Å²) in [4.78, 5) is 7.48. The topological polar surface area (TPSA) is 40.7 Å². The van der Waals surface area contributed by atoms with Gasteiger partial charge < -0.3 is 10.3 Å². The van der Waals surface area contributed by atoms with Crippen LogP contribution in [0.5, 0.6) is 0 Å². The summed E-state index contributed by atoms with van der Waals surface area (Å²) in [6.45, 7) is 2.10. The zero-order valence-electron chi connectivity index (χ0n) is 10.5. The number of aromatic amines is 1. The molecule has 5 heteroatoms. The van der Waals surface area contributed by atoms with Crippen molar-refractivity contribution in [3.05, 3.63) is 46.4 Å². The smallest absolute Gasteiger partial charge is 0.201 e. The first-order chi connectivity index (χ1) is 9.20. The van der Waals surface area contributed by atoms with E-state index in [1.807, 2.05) is 0 Å². The van der Waals surface area contributed by atoms with Crippen molar-refractivity contribution in [2.45, 2.75) is 19.4 Å². The zero-order chi connectivity index (χ0) is 13.2. The highest BCUT2D eigenvalue weighted by Gasteiger charge is 2.08. The Morgan fingerprint density at radius 3 is 3.11 bits per heavy atom. The van der Waals surface area contributed by atoms with Gasteiger partial charge in [-0.3, -0.25) is 0 Å². The number of fused-ring (bicyclic) bond motifs is 1. The van der Waals surface area contributed by atoms with E-state index in [0.717, 1.165) is 11.9 Å². The predicted molar refractivity (Wildman–Crippen MR) is 77.2 cm³/mol. The van der Waals surface area contributed by atoms with Crippen LogP contribution in [0.1, 0.15) is 12.5 Å². The fourth-order valence-electron chi connectivity index (χ4n) is 2.10. The molecule has 1 aromatic carbocycles. The first-order valence-electron chi connectivity index (χ1n) is 6.13. The van der Waals surface area contributed by atoms with Crippen molar-refractivity contribution in [2.75, 3.05) is 5.32 Å². The zero-order valence-corrected chi connectivity index (χ0v) is 11.3. The van der Waals surface area contributed by atoms with Crippen molar-refractivity contribution < 1.29 is 4.39 Å². The second-order valence-corrected chi connectivity index (χ2v) is 5.41. The van der Waals surface area contributed by atoms with Gasteiger partial charge in [-0.15, -0.1) is 0 Å². The summed E-state index contributed by atoms with van der Waals surface area (Å²) in [5.74, 6) is 0.428. The molecular formula is C14H14FN3S. The Bertz CT molecular complexity index is 675. The molecule has 0 spiro atoms. The first-order valence-corrected chi connectivity index (χ1v) is 7.08. The van der Waals surface area contributed by atoms with E-state index in [9.17, 15) is 4.39 Å². The van der Waals surface area contributed by atoms with E-state index in [-0.39, 0.29) is 11.9 Å². The molecule has 19 heavy (non-hydrogen) atoms. The minimum absolute atomic E-state index is 0.256. The maximum Gasteiger partial charge on any atom is 0.201 e. The third kappa shape index (κ3) is 2.76. The molecule has 0 saturated carbocycles. The Morgan fingerprint density at radius 1 is 1.42 bits per heavy atom. The molecule has 0 saturated heterocycles. The summed E-state index contributed by atoms with van der Waals surface area (Å²) < 4.78 is 13.1. The molecule has 1 atom stereocenters. The molecule has 3 nitrogen and oxygen atoms in total. The monoisotopic (exact) mass is 275 g/mol. The van der Waals surface area contributed by atoms with Crippen LogP contribution in [0, 0.1) is 5.82 Å². The lowest BCUT2D eigenvalue weighted by Gasteiger charge is -2.11. The van der Waals surface area contributed by atoms with E-state index in [1.165, 1.54) is 17.7 Å². The number of imidazole rings is 1. The molecule has 0 aliphatic rings. The number of rotatable bonds is 4. The van der Waals surface area contributed by atoms with E-state index in [0.29, 0.717) is 11.5 Å². The molecule has 2 N–H and O–H groups in total. The minimum Gasteiger partial charge on any atom is -0.353 e. The van der Waals surface area contributed by atoms with Crippen molar-refractivity contribution in [1.29, 1.82) is 0 Å². The lowest BCUT2D eigenvalue weighted by molar-refractivity contribution is 0.629. The van der Waals surface area contributed by atoms with Gasteiger partial charge in [-0.2, -0.15) is 11.3 Å². The first kappa shape index (κ1) is 12.2. The van der Waals surface area contributed by atoms with E-state index in [2.05, 4.69) is 39.0 Å². The van der Waals surface area contributed by atoms with Gasteiger partial charge in [-0.05, 0) is 53.9 Å². The maximum absolute atomic E-state index is 13.1. The van der Waals surface area contributed by atoms with Crippen LogP contribution in [0.2, 0.25) is 0 Å². The number of halogens is 1. The largest absolute Gasteiger partial charge is 0.353 e. The van der Waals surface area contributed by atoms with Crippen molar-refractivity contribution >= 4 is 28.3 Å². The van der Waals surface area contributed by atoms with Crippen molar-refractivity contribution in [3.63, 3.8) is 0 Å². The molecule has 2 heterocycles. The molecule has 0 radical (unpaired) electrons. The molecule has 0 bridgehead atoms. The average molecular weight is 275 g/mol. The highest BCUT2D eigenvalue weighted by Crippen LogP contribution is 2.17. The van der Waals surface area contributed by atoms with Gasteiger partial charge in [0.15, 0.2) is 0 Å². The fraction of sp³-hybridized carbons (Fsp3) is 0.214. The molecule has 2 aromatic heterocycles. The summed E-state index contributed by atoms with van der Waals surface area (Å²) >= 11 is 1.70. The number of anilines is 1. The molecule has 1 unspecified atom stereocenters. The SMILES string of the molecule is CC(Cc1ccsc1)Nc1nc2ccc(F)cc2[nH]1. The van der Waals surface area contributed by atoms with Gasteiger partial charge in [0, 0.05) is 6.04 Å². The molecule has 3 rings (SSSR count). The van der Waals surface area contributed by atoms with Crippen LogP contribution in [0.25, 0.3) is 11.0 Å². The summed E-state index contributed by atoms with van der Waals surface area (Å²) in [6.07, 6.45) is 0.939. The number of hydrogen-bond acceptors (Lipinski definition) is 3. The van der Waals surface area contributed by atoms with Gasteiger partial charge in [0.25, 0.3) is 0 Å². The fourth-order valence-corrected chi connectivity index (χ4v) is 2.78. The Labute approximate surface area is 114 Å². The van der Waals surface area contributed by atoms with E-state index in [4.69, 9.17) is 0 Å². The van der Waals surface area contributed by atoms with Crippen LogP contribution < -0.4 is 5.32 Å². The number of aromatic nitrogens is 2. The number of H-pyrrole nitrogens is 1. The Balaban J connectivity index is 1.74. The molecule has 0 aliphatic carbocycles. The number of nitrogens with one attached hydrogen (secondary N) is 2. The number of nitrogens with zero attached hydrogens (tertiary/aromatic N) is 1.